The molecule has 1 aliphatic rings. The van der Waals surface area contributed by atoms with E-state index in [4.69, 9.17) is 0 Å². The molecule has 0 amide bonds. The normalized spacial score (nSPS) is 13.0. The third-order valence-electron chi connectivity index (χ3n) is 4.55. The number of aromatic hydroxyl groups is 1. The van der Waals surface area contributed by atoms with Gasteiger partial charge in [0, 0.05) is 18.2 Å². The molecular formula is C21H20N4O2. The van der Waals surface area contributed by atoms with Crippen molar-refractivity contribution in [1.82, 2.24) is 9.66 Å². The molecule has 27 heavy (non-hydrogen) atoms. The number of hydrogen-bond acceptors (Lipinski definition) is 5. The van der Waals surface area contributed by atoms with Gasteiger partial charge in [-0.15, -0.1) is 0 Å². The Bertz CT molecular complexity index is 1050. The zero-order chi connectivity index (χ0) is 18.8. The molecule has 0 saturated heterocycles. The Labute approximate surface area is 156 Å². The topological polar surface area (TPSA) is 79.5 Å². The number of hydrogen-bond donors (Lipinski definition) is 2. The molecule has 2 N–H and O–H groups in total. The summed E-state index contributed by atoms with van der Waals surface area (Å²) in [4.78, 5) is 17.1. The number of aryl methyl sites for hydroxylation is 2. The highest BCUT2D eigenvalue weighted by atomic mass is 16.3. The maximum Gasteiger partial charge on any atom is 0.274 e. The van der Waals surface area contributed by atoms with Crippen molar-refractivity contribution in [3.05, 3.63) is 87.6 Å². The number of benzene rings is 2. The molecule has 0 aliphatic carbocycles. The lowest BCUT2D eigenvalue weighted by molar-refractivity contribution is 0.475. The second-order valence-electron chi connectivity index (χ2n) is 6.63. The molecule has 0 bridgehead atoms. The smallest absolute Gasteiger partial charge is 0.274 e. The Balaban J connectivity index is 1.56. The van der Waals surface area contributed by atoms with Crippen LogP contribution in [0.5, 0.6) is 5.75 Å². The number of nitrogens with one attached hydrogen (secondary N) is 1. The van der Waals surface area contributed by atoms with Crippen LogP contribution in [0.4, 0.5) is 5.69 Å². The van der Waals surface area contributed by atoms with Crippen molar-refractivity contribution in [1.29, 1.82) is 0 Å². The SMILES string of the molecule is Cc1ccc(C2=Nn3c(nc(CNc4ccc(O)cc4)cc3=O)CC2)cc1. The van der Waals surface area contributed by atoms with Crippen molar-refractivity contribution < 1.29 is 5.11 Å². The number of anilines is 1. The zero-order valence-electron chi connectivity index (χ0n) is 15.0. The summed E-state index contributed by atoms with van der Waals surface area (Å²) in [7, 11) is 0. The fraction of sp³-hybridized carbons (Fsp3) is 0.190. The predicted octanol–water partition coefficient (Wildman–Crippen LogP) is 3.07. The molecule has 1 aliphatic heterocycles. The molecule has 0 spiro atoms. The molecule has 2 heterocycles. The van der Waals surface area contributed by atoms with E-state index >= 15 is 0 Å². The highest BCUT2D eigenvalue weighted by Gasteiger charge is 2.17. The lowest BCUT2D eigenvalue weighted by atomic mass is 10.0. The number of aromatic nitrogens is 2. The molecule has 0 unspecified atom stereocenters. The second-order valence-corrected chi connectivity index (χ2v) is 6.63. The largest absolute Gasteiger partial charge is 0.508 e. The molecule has 0 saturated carbocycles. The maximum atomic E-state index is 12.5. The van der Waals surface area contributed by atoms with Crippen LogP contribution in [-0.4, -0.2) is 20.5 Å². The third-order valence-corrected chi connectivity index (χ3v) is 4.55. The van der Waals surface area contributed by atoms with Gasteiger partial charge in [0.1, 0.15) is 11.6 Å². The van der Waals surface area contributed by atoms with Crippen LogP contribution < -0.4 is 10.9 Å². The Morgan fingerprint density at radius 2 is 1.81 bits per heavy atom. The number of nitrogens with zero attached hydrogens (tertiary/aromatic N) is 3. The lowest BCUT2D eigenvalue weighted by Crippen LogP contribution is -2.28. The van der Waals surface area contributed by atoms with Crippen molar-refractivity contribution in [2.45, 2.75) is 26.3 Å². The van der Waals surface area contributed by atoms with E-state index in [0.717, 1.165) is 23.4 Å². The van der Waals surface area contributed by atoms with E-state index in [-0.39, 0.29) is 11.3 Å². The number of phenolic OH excluding ortho intramolecular Hbond substituents is 1. The van der Waals surface area contributed by atoms with Gasteiger partial charge in [-0.2, -0.15) is 9.78 Å². The molecule has 3 aromatic rings. The van der Waals surface area contributed by atoms with Gasteiger partial charge in [0.2, 0.25) is 0 Å². The standard InChI is InChI=1S/C21H20N4O2/c1-14-2-4-15(5-3-14)19-10-11-20-23-17(12-21(27)25(20)24-19)13-22-16-6-8-18(26)9-7-16/h2-9,12,22,26H,10-11,13H2,1H3. The fourth-order valence-electron chi connectivity index (χ4n) is 3.06. The van der Waals surface area contributed by atoms with Crippen molar-refractivity contribution in [3.63, 3.8) is 0 Å². The van der Waals surface area contributed by atoms with Crippen molar-refractivity contribution >= 4 is 11.4 Å². The van der Waals surface area contributed by atoms with Gasteiger partial charge in [0.25, 0.3) is 5.56 Å². The first-order chi connectivity index (χ1) is 13.1. The van der Waals surface area contributed by atoms with E-state index in [0.29, 0.717) is 24.5 Å². The fourth-order valence-corrected chi connectivity index (χ4v) is 3.06. The average molecular weight is 360 g/mol. The first-order valence-electron chi connectivity index (χ1n) is 8.88. The quantitative estimate of drug-likeness (QED) is 0.701. The van der Waals surface area contributed by atoms with Crippen LogP contribution in [0.3, 0.4) is 0 Å². The molecule has 0 radical (unpaired) electrons. The minimum absolute atomic E-state index is 0.174. The molecule has 136 valence electrons. The Hall–Kier alpha value is -3.41. The van der Waals surface area contributed by atoms with E-state index < -0.39 is 0 Å². The summed E-state index contributed by atoms with van der Waals surface area (Å²) < 4.78 is 1.41. The lowest BCUT2D eigenvalue weighted by Gasteiger charge is -2.17. The van der Waals surface area contributed by atoms with Crippen molar-refractivity contribution in [2.75, 3.05) is 5.32 Å². The van der Waals surface area contributed by atoms with E-state index in [1.165, 1.54) is 16.3 Å². The summed E-state index contributed by atoms with van der Waals surface area (Å²) in [6.45, 7) is 2.48. The molecule has 6 heteroatoms. The van der Waals surface area contributed by atoms with Crippen LogP contribution in [0.1, 0.15) is 29.1 Å². The molecule has 6 nitrogen and oxygen atoms in total. The molecule has 1 aromatic heterocycles. The van der Waals surface area contributed by atoms with Crippen LogP contribution >= 0.6 is 0 Å². The van der Waals surface area contributed by atoms with Crippen LogP contribution in [0, 0.1) is 6.92 Å². The molecular weight excluding hydrogens is 340 g/mol. The Morgan fingerprint density at radius 1 is 1.07 bits per heavy atom. The molecule has 2 aromatic carbocycles. The number of fused-ring (bicyclic) bond motifs is 1. The minimum Gasteiger partial charge on any atom is -0.508 e. The second kappa shape index (κ2) is 7.07. The first kappa shape index (κ1) is 17.0. The minimum atomic E-state index is -0.174. The summed E-state index contributed by atoms with van der Waals surface area (Å²) in [5, 5.41) is 17.1. The van der Waals surface area contributed by atoms with Crippen LogP contribution in [-0.2, 0) is 13.0 Å². The van der Waals surface area contributed by atoms with Crippen molar-refractivity contribution in [2.24, 2.45) is 5.10 Å². The maximum absolute atomic E-state index is 12.5. The van der Waals surface area contributed by atoms with Gasteiger partial charge in [-0.1, -0.05) is 29.8 Å². The van der Waals surface area contributed by atoms with Crippen LogP contribution in [0.25, 0.3) is 0 Å². The van der Waals surface area contributed by atoms with Gasteiger partial charge in [0.05, 0.1) is 18.0 Å². The molecule has 4 rings (SSSR count). The number of rotatable bonds is 4. The van der Waals surface area contributed by atoms with Crippen molar-refractivity contribution in [3.8, 4) is 5.75 Å². The van der Waals surface area contributed by atoms with Crippen LogP contribution in [0.15, 0.2) is 64.5 Å². The average Bonchev–Trinajstić information content (AvgIpc) is 2.68. The first-order valence-corrected chi connectivity index (χ1v) is 8.88. The van der Waals surface area contributed by atoms with Crippen LogP contribution in [0.2, 0.25) is 0 Å². The van der Waals surface area contributed by atoms with E-state index in [2.05, 4.69) is 15.4 Å². The van der Waals surface area contributed by atoms with Gasteiger partial charge < -0.3 is 10.4 Å². The Morgan fingerprint density at radius 3 is 2.56 bits per heavy atom. The highest BCUT2D eigenvalue weighted by Crippen LogP contribution is 2.16. The molecule has 0 atom stereocenters. The summed E-state index contributed by atoms with van der Waals surface area (Å²) >= 11 is 0. The van der Waals surface area contributed by atoms with E-state index in [1.54, 1.807) is 24.3 Å². The summed E-state index contributed by atoms with van der Waals surface area (Å²) in [5.74, 6) is 0.897. The molecule has 0 fully saturated rings. The highest BCUT2D eigenvalue weighted by molar-refractivity contribution is 6.01. The van der Waals surface area contributed by atoms with E-state index in [9.17, 15) is 9.90 Å². The third kappa shape index (κ3) is 3.74. The van der Waals surface area contributed by atoms with Gasteiger partial charge >= 0.3 is 0 Å². The number of phenols is 1. The Kier molecular flexibility index (Phi) is 4.46. The summed E-state index contributed by atoms with van der Waals surface area (Å²) in [5.41, 5.74) is 4.49. The van der Waals surface area contributed by atoms with E-state index in [1.807, 2.05) is 31.2 Å². The monoisotopic (exact) mass is 360 g/mol. The summed E-state index contributed by atoms with van der Waals surface area (Å²) in [6, 6.07) is 16.5. The summed E-state index contributed by atoms with van der Waals surface area (Å²) in [6.07, 6.45) is 1.43. The van der Waals surface area contributed by atoms with Gasteiger partial charge in [-0.25, -0.2) is 4.98 Å². The van der Waals surface area contributed by atoms with Gasteiger partial charge in [-0.3, -0.25) is 4.79 Å². The predicted molar refractivity (Wildman–Crippen MR) is 105 cm³/mol. The zero-order valence-corrected chi connectivity index (χ0v) is 15.0. The van der Waals surface area contributed by atoms with Gasteiger partial charge in [-0.05, 0) is 43.2 Å². The van der Waals surface area contributed by atoms with Gasteiger partial charge in [0.15, 0.2) is 0 Å².